The third kappa shape index (κ3) is 6.23. The molecule has 34 heavy (non-hydrogen) atoms. The lowest BCUT2D eigenvalue weighted by Crippen LogP contribution is -2.50. The van der Waals surface area contributed by atoms with Crippen LogP contribution in [0.4, 0.5) is 0 Å². The van der Waals surface area contributed by atoms with Gasteiger partial charge in [-0.15, -0.1) is 0 Å². The van der Waals surface area contributed by atoms with Crippen molar-refractivity contribution in [3.05, 3.63) is 74.7 Å². The summed E-state index contributed by atoms with van der Waals surface area (Å²) in [4.78, 5) is 27.7. The van der Waals surface area contributed by atoms with E-state index in [0.717, 1.165) is 21.7 Å². The molecule has 0 fully saturated rings. The van der Waals surface area contributed by atoms with Gasteiger partial charge in [0.2, 0.25) is 5.91 Å². The van der Waals surface area contributed by atoms with Crippen molar-refractivity contribution in [3.63, 3.8) is 0 Å². The highest BCUT2D eigenvalue weighted by Crippen LogP contribution is 2.33. The van der Waals surface area contributed by atoms with Gasteiger partial charge < -0.3 is 15.0 Å². The van der Waals surface area contributed by atoms with Crippen LogP contribution in [0.1, 0.15) is 32.8 Å². The molecule has 0 spiro atoms. The van der Waals surface area contributed by atoms with E-state index in [1.165, 1.54) is 4.90 Å². The highest BCUT2D eigenvalue weighted by atomic mass is 79.9. The summed E-state index contributed by atoms with van der Waals surface area (Å²) in [6.07, 6.45) is 0.780. The molecule has 0 heterocycles. The van der Waals surface area contributed by atoms with E-state index >= 15 is 0 Å². The maximum absolute atomic E-state index is 13.3. The van der Waals surface area contributed by atoms with Gasteiger partial charge in [0, 0.05) is 28.2 Å². The molecule has 3 aromatic carbocycles. The second-order valence-electron chi connectivity index (χ2n) is 8.10. The summed E-state index contributed by atoms with van der Waals surface area (Å²) in [6.45, 7) is 5.42. The zero-order chi connectivity index (χ0) is 24.8. The molecular formula is C26H27BrCl2N2O3. The zero-order valence-corrected chi connectivity index (χ0v) is 22.4. The molecule has 0 unspecified atom stereocenters. The van der Waals surface area contributed by atoms with Crippen LogP contribution in [-0.2, 0) is 16.1 Å². The van der Waals surface area contributed by atoms with Crippen molar-refractivity contribution in [1.29, 1.82) is 0 Å². The number of carbonyl (C=O) groups is 2. The highest BCUT2D eigenvalue weighted by Gasteiger charge is 2.28. The lowest BCUT2D eigenvalue weighted by molar-refractivity contribution is -0.142. The molecule has 3 rings (SSSR count). The third-order valence-corrected chi connectivity index (χ3v) is 7.26. The fraction of sp³-hybridized carbons (Fsp3) is 0.308. The Bertz CT molecular complexity index is 1170. The summed E-state index contributed by atoms with van der Waals surface area (Å²) in [6, 6.07) is 16.0. The van der Waals surface area contributed by atoms with Gasteiger partial charge in [-0.2, -0.15) is 0 Å². The second-order valence-corrected chi connectivity index (χ2v) is 9.71. The number of carbonyl (C=O) groups excluding carboxylic acids is 2. The predicted octanol–water partition coefficient (Wildman–Crippen LogP) is 6.62. The standard InChI is InChI=1S/C26H27BrCl2N2O3/c1-4-16(2)30-26(33)17(3)31(14-20-21(28)10-7-11-22(20)29)24(32)15-34-23-13-12-18-8-5-6-9-19(18)25(23)27/h5-13,16-17H,4,14-15H2,1-3H3,(H,30,33)/t16-,17+/m0/s1. The quantitative estimate of drug-likeness (QED) is 0.317. The van der Waals surface area contributed by atoms with E-state index in [9.17, 15) is 9.59 Å². The van der Waals surface area contributed by atoms with E-state index in [4.69, 9.17) is 27.9 Å². The molecule has 0 aliphatic heterocycles. The average molecular weight is 566 g/mol. The number of nitrogens with one attached hydrogen (secondary N) is 1. The van der Waals surface area contributed by atoms with Crippen molar-refractivity contribution >= 4 is 61.7 Å². The first-order valence-corrected chi connectivity index (χ1v) is 12.6. The number of halogens is 3. The predicted molar refractivity (Wildman–Crippen MR) is 142 cm³/mol. The molecule has 0 aliphatic carbocycles. The number of fused-ring (bicyclic) bond motifs is 1. The summed E-state index contributed by atoms with van der Waals surface area (Å²) in [5.41, 5.74) is 0.578. The molecule has 0 radical (unpaired) electrons. The van der Waals surface area contributed by atoms with Crippen LogP contribution in [-0.4, -0.2) is 35.4 Å². The zero-order valence-electron chi connectivity index (χ0n) is 19.3. The maximum atomic E-state index is 13.3. The minimum Gasteiger partial charge on any atom is -0.483 e. The van der Waals surface area contributed by atoms with Gasteiger partial charge in [0.05, 0.1) is 4.47 Å². The molecule has 8 heteroatoms. The van der Waals surface area contributed by atoms with Crippen LogP contribution >= 0.6 is 39.1 Å². The SMILES string of the molecule is CC[C@H](C)NC(=O)[C@@H](C)N(Cc1c(Cl)cccc1Cl)C(=O)COc1ccc2ccccc2c1Br. The molecule has 0 bridgehead atoms. The van der Waals surface area contributed by atoms with Gasteiger partial charge in [0.25, 0.3) is 5.91 Å². The normalized spacial score (nSPS) is 12.8. The molecular weight excluding hydrogens is 539 g/mol. The van der Waals surface area contributed by atoms with E-state index in [-0.39, 0.29) is 31.0 Å². The van der Waals surface area contributed by atoms with Crippen LogP contribution in [0, 0.1) is 0 Å². The Labute approximate surface area is 218 Å². The number of hydrogen-bond acceptors (Lipinski definition) is 3. The summed E-state index contributed by atoms with van der Waals surface area (Å²) < 4.78 is 6.65. The van der Waals surface area contributed by atoms with E-state index in [2.05, 4.69) is 21.2 Å². The van der Waals surface area contributed by atoms with Crippen molar-refractivity contribution in [2.75, 3.05) is 6.61 Å². The molecule has 2 atom stereocenters. The topological polar surface area (TPSA) is 58.6 Å². The van der Waals surface area contributed by atoms with Crippen molar-refractivity contribution < 1.29 is 14.3 Å². The van der Waals surface area contributed by atoms with E-state index in [1.54, 1.807) is 25.1 Å². The third-order valence-electron chi connectivity index (χ3n) is 5.74. The van der Waals surface area contributed by atoms with Crippen LogP contribution in [0.3, 0.4) is 0 Å². The van der Waals surface area contributed by atoms with Crippen LogP contribution < -0.4 is 10.1 Å². The maximum Gasteiger partial charge on any atom is 0.261 e. The number of benzene rings is 3. The molecule has 2 amide bonds. The van der Waals surface area contributed by atoms with Gasteiger partial charge in [0.1, 0.15) is 11.8 Å². The number of hydrogen-bond donors (Lipinski definition) is 1. The minimum absolute atomic E-state index is 0.0133. The van der Waals surface area contributed by atoms with Crippen molar-refractivity contribution in [2.24, 2.45) is 0 Å². The van der Waals surface area contributed by atoms with Crippen molar-refractivity contribution in [2.45, 2.75) is 45.8 Å². The largest absolute Gasteiger partial charge is 0.483 e. The van der Waals surface area contributed by atoms with E-state index in [1.807, 2.05) is 50.2 Å². The minimum atomic E-state index is -0.752. The fourth-order valence-corrected chi connectivity index (χ4v) is 4.57. The summed E-state index contributed by atoms with van der Waals surface area (Å²) in [5.74, 6) is -0.0694. The van der Waals surface area contributed by atoms with Gasteiger partial charge >= 0.3 is 0 Å². The van der Waals surface area contributed by atoms with Gasteiger partial charge in [0.15, 0.2) is 6.61 Å². The summed E-state index contributed by atoms with van der Waals surface area (Å²) in [5, 5.41) is 5.83. The van der Waals surface area contributed by atoms with Crippen molar-refractivity contribution in [3.8, 4) is 5.75 Å². The first-order valence-electron chi connectivity index (χ1n) is 11.1. The van der Waals surface area contributed by atoms with E-state index in [0.29, 0.717) is 21.4 Å². The lowest BCUT2D eigenvalue weighted by Gasteiger charge is -2.30. The number of amides is 2. The van der Waals surface area contributed by atoms with Gasteiger partial charge in [-0.25, -0.2) is 0 Å². The Kier molecular flexibility index (Phi) is 9.23. The summed E-state index contributed by atoms with van der Waals surface area (Å²) in [7, 11) is 0. The highest BCUT2D eigenvalue weighted by molar-refractivity contribution is 9.10. The second kappa shape index (κ2) is 11.9. The van der Waals surface area contributed by atoms with Gasteiger partial charge in [-0.05, 0) is 65.2 Å². The Morgan fingerprint density at radius 3 is 2.38 bits per heavy atom. The molecule has 5 nitrogen and oxygen atoms in total. The van der Waals surface area contributed by atoms with E-state index < -0.39 is 6.04 Å². The fourth-order valence-electron chi connectivity index (χ4n) is 3.45. The van der Waals surface area contributed by atoms with Crippen molar-refractivity contribution in [1.82, 2.24) is 10.2 Å². The average Bonchev–Trinajstić information content (AvgIpc) is 2.83. The number of rotatable bonds is 9. The molecule has 180 valence electrons. The van der Waals surface area contributed by atoms with Crippen LogP contribution in [0.25, 0.3) is 10.8 Å². The summed E-state index contributed by atoms with van der Waals surface area (Å²) >= 11 is 16.3. The molecule has 1 N–H and O–H groups in total. The molecule has 0 saturated carbocycles. The lowest BCUT2D eigenvalue weighted by atomic mass is 10.1. The van der Waals surface area contributed by atoms with Gasteiger partial charge in [-0.1, -0.05) is 66.5 Å². The molecule has 3 aromatic rings. The monoisotopic (exact) mass is 564 g/mol. The Balaban J connectivity index is 1.84. The smallest absolute Gasteiger partial charge is 0.261 e. The Hall–Kier alpha value is -2.28. The molecule has 0 aliphatic rings. The molecule has 0 aromatic heterocycles. The number of nitrogens with zero attached hydrogens (tertiary/aromatic N) is 1. The Morgan fingerprint density at radius 1 is 1.03 bits per heavy atom. The first kappa shape index (κ1) is 26.3. The molecule has 0 saturated heterocycles. The van der Waals surface area contributed by atoms with Crippen LogP contribution in [0.2, 0.25) is 10.0 Å². The van der Waals surface area contributed by atoms with Gasteiger partial charge in [-0.3, -0.25) is 9.59 Å². The van der Waals surface area contributed by atoms with Crippen LogP contribution in [0.15, 0.2) is 59.1 Å². The number of ether oxygens (including phenoxy) is 1. The first-order chi connectivity index (χ1) is 16.2. The van der Waals surface area contributed by atoms with Crippen LogP contribution in [0.5, 0.6) is 5.75 Å². The Morgan fingerprint density at radius 2 is 1.71 bits per heavy atom.